The molecule has 0 atom stereocenters. The highest BCUT2D eigenvalue weighted by molar-refractivity contribution is 9.09. The maximum atomic E-state index is 11.9. The van der Waals surface area contributed by atoms with Crippen LogP contribution >= 0.6 is 15.9 Å². The van der Waals surface area contributed by atoms with Crippen molar-refractivity contribution in [2.24, 2.45) is 0 Å². The van der Waals surface area contributed by atoms with E-state index in [2.05, 4.69) is 15.9 Å². The Kier molecular flexibility index (Phi) is 4.58. The molecule has 0 spiro atoms. The van der Waals surface area contributed by atoms with Gasteiger partial charge in [-0.05, 0) is 38.0 Å². The highest BCUT2D eigenvalue weighted by Gasteiger charge is 2.25. The van der Waals surface area contributed by atoms with Gasteiger partial charge < -0.3 is 9.64 Å². The van der Waals surface area contributed by atoms with Crippen LogP contribution in [0.2, 0.25) is 0 Å². The van der Waals surface area contributed by atoms with Gasteiger partial charge >= 0.3 is 0 Å². The third-order valence-electron chi connectivity index (χ3n) is 3.07. The number of Topliss-reactive ketones (excluding diaryl/α,β-unsaturated/α-hetero) is 1. The monoisotopic (exact) mass is 325 g/mol. The lowest BCUT2D eigenvalue weighted by Gasteiger charge is -2.29. The van der Waals surface area contributed by atoms with E-state index in [1.54, 1.807) is 23.1 Å². The number of carbonyl (C=O) groups is 2. The highest BCUT2D eigenvalue weighted by Crippen LogP contribution is 2.33. The number of amides is 1. The number of rotatable bonds is 5. The van der Waals surface area contributed by atoms with E-state index in [9.17, 15) is 9.59 Å². The van der Waals surface area contributed by atoms with Crippen molar-refractivity contribution < 1.29 is 14.3 Å². The summed E-state index contributed by atoms with van der Waals surface area (Å²) in [7, 11) is 0. The Bertz CT molecular complexity index is 501. The van der Waals surface area contributed by atoms with Crippen molar-refractivity contribution in [1.82, 2.24) is 0 Å². The Morgan fingerprint density at radius 3 is 2.89 bits per heavy atom. The van der Waals surface area contributed by atoms with E-state index in [1.807, 2.05) is 0 Å². The number of hydrogen-bond donors (Lipinski definition) is 0. The lowest BCUT2D eigenvalue weighted by atomic mass is 10.1. The lowest BCUT2D eigenvalue weighted by molar-refractivity contribution is -0.121. The molecule has 1 aromatic rings. The third-order valence-corrected chi connectivity index (χ3v) is 3.63. The zero-order valence-corrected chi connectivity index (χ0v) is 12.4. The Labute approximate surface area is 120 Å². The minimum atomic E-state index is -0.0530. The van der Waals surface area contributed by atoms with Gasteiger partial charge in [-0.25, -0.2) is 0 Å². The van der Waals surface area contributed by atoms with E-state index in [1.165, 1.54) is 6.92 Å². The fourth-order valence-electron chi connectivity index (χ4n) is 2.03. The predicted molar refractivity (Wildman–Crippen MR) is 77.3 cm³/mol. The van der Waals surface area contributed by atoms with Gasteiger partial charge in [0.25, 0.3) is 5.91 Å². The second-order valence-corrected chi connectivity index (χ2v) is 5.26. The average Bonchev–Trinajstić information content (AvgIpc) is 2.40. The van der Waals surface area contributed by atoms with Gasteiger partial charge in [0, 0.05) is 17.4 Å². The van der Waals surface area contributed by atoms with Crippen molar-refractivity contribution in [2.45, 2.75) is 19.8 Å². The maximum Gasteiger partial charge on any atom is 0.265 e. The molecule has 0 aromatic heterocycles. The van der Waals surface area contributed by atoms with Crippen LogP contribution in [0.1, 0.15) is 30.1 Å². The summed E-state index contributed by atoms with van der Waals surface area (Å²) in [5, 5.41) is 0.922. The Morgan fingerprint density at radius 2 is 2.21 bits per heavy atom. The van der Waals surface area contributed by atoms with Crippen LogP contribution in [0.15, 0.2) is 18.2 Å². The summed E-state index contributed by atoms with van der Waals surface area (Å²) in [5.41, 5.74) is 1.31. The van der Waals surface area contributed by atoms with Crippen LogP contribution in [0.25, 0.3) is 0 Å². The molecule has 0 bridgehead atoms. The van der Waals surface area contributed by atoms with Crippen LogP contribution in [0, 0.1) is 0 Å². The number of carbonyl (C=O) groups excluding carboxylic acids is 2. The molecule has 5 heteroatoms. The van der Waals surface area contributed by atoms with Crippen molar-refractivity contribution in [3.8, 4) is 5.75 Å². The molecule has 0 fully saturated rings. The van der Waals surface area contributed by atoms with Crippen molar-refractivity contribution in [3.05, 3.63) is 23.8 Å². The van der Waals surface area contributed by atoms with Gasteiger partial charge in [-0.2, -0.15) is 0 Å². The molecule has 0 N–H and O–H groups in total. The van der Waals surface area contributed by atoms with Crippen molar-refractivity contribution in [2.75, 3.05) is 23.4 Å². The Morgan fingerprint density at radius 1 is 1.42 bits per heavy atom. The lowest BCUT2D eigenvalue weighted by Crippen LogP contribution is -2.39. The van der Waals surface area contributed by atoms with Gasteiger partial charge in [-0.3, -0.25) is 9.59 Å². The molecule has 2 rings (SSSR count). The fourth-order valence-corrected chi connectivity index (χ4v) is 2.43. The number of hydrogen-bond acceptors (Lipinski definition) is 3. The molecule has 1 aliphatic heterocycles. The van der Waals surface area contributed by atoms with Crippen molar-refractivity contribution >= 4 is 33.3 Å². The first-order valence-corrected chi connectivity index (χ1v) is 7.39. The molecule has 1 aliphatic rings. The number of nitrogens with zero attached hydrogens (tertiary/aromatic N) is 1. The van der Waals surface area contributed by atoms with Crippen LogP contribution < -0.4 is 9.64 Å². The number of alkyl halides is 1. The number of ether oxygens (including phenoxy) is 1. The second kappa shape index (κ2) is 6.19. The topological polar surface area (TPSA) is 46.6 Å². The first-order chi connectivity index (χ1) is 9.13. The quantitative estimate of drug-likeness (QED) is 0.475. The maximum absolute atomic E-state index is 11.9. The van der Waals surface area contributed by atoms with E-state index >= 15 is 0 Å². The molecule has 4 nitrogen and oxygen atoms in total. The highest BCUT2D eigenvalue weighted by atomic mass is 79.9. The summed E-state index contributed by atoms with van der Waals surface area (Å²) in [6, 6.07) is 5.23. The normalized spacial score (nSPS) is 14.0. The molecule has 0 saturated carbocycles. The van der Waals surface area contributed by atoms with Gasteiger partial charge in [0.05, 0.1) is 5.69 Å². The van der Waals surface area contributed by atoms with Gasteiger partial charge in [-0.1, -0.05) is 15.9 Å². The molecule has 0 radical (unpaired) electrons. The van der Waals surface area contributed by atoms with Crippen LogP contribution in [0.3, 0.4) is 0 Å². The molecule has 1 heterocycles. The summed E-state index contributed by atoms with van der Waals surface area (Å²) in [4.78, 5) is 25.1. The third kappa shape index (κ3) is 3.15. The summed E-state index contributed by atoms with van der Waals surface area (Å²) in [5.74, 6) is 0.604. The minimum Gasteiger partial charge on any atom is -0.482 e. The number of halogens is 1. The predicted octanol–water partition coefficient (Wildman–Crippen LogP) is 2.79. The number of anilines is 1. The van der Waals surface area contributed by atoms with E-state index < -0.39 is 0 Å². The van der Waals surface area contributed by atoms with E-state index in [0.29, 0.717) is 23.5 Å². The van der Waals surface area contributed by atoms with Gasteiger partial charge in [0.1, 0.15) is 5.75 Å². The van der Waals surface area contributed by atoms with Gasteiger partial charge in [0.2, 0.25) is 0 Å². The van der Waals surface area contributed by atoms with Gasteiger partial charge in [-0.15, -0.1) is 0 Å². The zero-order chi connectivity index (χ0) is 13.8. The van der Waals surface area contributed by atoms with E-state index in [0.717, 1.165) is 18.2 Å². The number of unbranched alkanes of at least 4 members (excludes halogenated alkanes) is 1. The summed E-state index contributed by atoms with van der Waals surface area (Å²) < 4.78 is 5.40. The standard InChI is InChI=1S/C14H16BrNO3/c1-10(17)11-4-5-13-12(8-11)16(7-3-2-6-15)14(18)9-19-13/h4-5,8H,2-3,6-7,9H2,1H3. The summed E-state index contributed by atoms with van der Waals surface area (Å²) >= 11 is 3.38. The molecular weight excluding hydrogens is 310 g/mol. The van der Waals surface area contributed by atoms with Gasteiger partial charge in [0.15, 0.2) is 12.4 Å². The molecule has 1 aromatic carbocycles. The SMILES string of the molecule is CC(=O)c1ccc2c(c1)N(CCCCBr)C(=O)CO2. The van der Waals surface area contributed by atoms with Crippen molar-refractivity contribution in [1.29, 1.82) is 0 Å². The smallest absolute Gasteiger partial charge is 0.265 e. The average molecular weight is 326 g/mol. The molecule has 1 amide bonds. The molecule has 19 heavy (non-hydrogen) atoms. The Hall–Kier alpha value is -1.36. The fraction of sp³-hybridized carbons (Fsp3) is 0.429. The van der Waals surface area contributed by atoms with Crippen molar-refractivity contribution in [3.63, 3.8) is 0 Å². The number of fused-ring (bicyclic) bond motifs is 1. The molecule has 0 saturated heterocycles. The van der Waals surface area contributed by atoms with Crippen LogP contribution in [0.5, 0.6) is 5.75 Å². The first-order valence-electron chi connectivity index (χ1n) is 6.27. The van der Waals surface area contributed by atoms with Crippen LogP contribution in [-0.4, -0.2) is 30.2 Å². The largest absolute Gasteiger partial charge is 0.482 e. The van der Waals surface area contributed by atoms with Crippen LogP contribution in [-0.2, 0) is 4.79 Å². The number of ketones is 1. The molecule has 102 valence electrons. The van der Waals surface area contributed by atoms with E-state index in [4.69, 9.17) is 4.74 Å². The zero-order valence-electron chi connectivity index (χ0n) is 10.8. The van der Waals surface area contributed by atoms with E-state index in [-0.39, 0.29) is 18.3 Å². The van der Waals surface area contributed by atoms with Crippen LogP contribution in [0.4, 0.5) is 5.69 Å². The Balaban J connectivity index is 2.27. The molecule has 0 unspecified atom stereocenters. The second-order valence-electron chi connectivity index (χ2n) is 4.47. The molecule has 0 aliphatic carbocycles. The summed E-state index contributed by atoms with van der Waals surface area (Å²) in [6.45, 7) is 2.24. The summed E-state index contributed by atoms with van der Waals surface area (Å²) in [6.07, 6.45) is 1.92. The number of benzene rings is 1. The minimum absolute atomic E-state index is 0.0127. The molecular formula is C14H16BrNO3. The first kappa shape index (κ1) is 14.1.